The average molecular weight is 1400 g/mol. The van der Waals surface area contributed by atoms with Crippen molar-refractivity contribution in [1.82, 2.24) is 0 Å². The highest BCUT2D eigenvalue weighted by Crippen LogP contribution is 2.45. The number of allylic oxidation sites excluding steroid dienone is 22. The Kier molecular flexibility index (Phi) is 68.3. The van der Waals surface area contributed by atoms with Crippen molar-refractivity contribution in [3.63, 3.8) is 0 Å². The van der Waals surface area contributed by atoms with Crippen LogP contribution in [0.3, 0.4) is 0 Å². The van der Waals surface area contributed by atoms with E-state index in [9.17, 15) is 43.5 Å². The number of hydrogen-bond donors (Lipinski definition) is 4. The van der Waals surface area contributed by atoms with E-state index in [1.54, 1.807) is 0 Å². The van der Waals surface area contributed by atoms with Crippen molar-refractivity contribution in [3.8, 4) is 0 Å². The molecule has 0 rings (SSSR count). The average Bonchev–Trinajstić information content (AvgIpc) is 1.58. The first-order chi connectivity index (χ1) is 47.2. The number of ether oxygens (including phenoxy) is 3. The fourth-order valence-electron chi connectivity index (χ4n) is 9.62. The minimum atomic E-state index is -4.94. The van der Waals surface area contributed by atoms with E-state index in [2.05, 4.69) is 154 Å². The van der Waals surface area contributed by atoms with Crippen LogP contribution in [-0.4, -0.2) is 95.9 Å². The maximum absolute atomic E-state index is 12.9. The topological polar surface area (TPSA) is 231 Å². The van der Waals surface area contributed by atoms with Crippen LogP contribution in [0.15, 0.2) is 134 Å². The molecule has 5 unspecified atom stereocenters. The molecule has 0 aliphatic carbocycles. The van der Waals surface area contributed by atoms with Gasteiger partial charge in [-0.1, -0.05) is 270 Å². The summed E-state index contributed by atoms with van der Waals surface area (Å²) in [7, 11) is -9.80. The van der Waals surface area contributed by atoms with E-state index in [0.29, 0.717) is 19.3 Å². The molecule has 0 aliphatic heterocycles. The monoisotopic (exact) mass is 1400 g/mol. The number of unbranched alkanes of at least 4 members (excludes halogenated alkanes) is 25. The molecule has 0 saturated heterocycles. The Bertz CT molecular complexity index is 2300. The van der Waals surface area contributed by atoms with E-state index >= 15 is 0 Å². The van der Waals surface area contributed by atoms with Gasteiger partial charge in [0.2, 0.25) is 0 Å². The lowest BCUT2D eigenvalue weighted by atomic mass is 10.1. The third-order valence-corrected chi connectivity index (χ3v) is 17.2. The van der Waals surface area contributed by atoms with Gasteiger partial charge in [0.25, 0.3) is 0 Å². The van der Waals surface area contributed by atoms with E-state index in [4.69, 9.17) is 32.3 Å². The number of aliphatic hydroxyl groups is 2. The van der Waals surface area contributed by atoms with Crippen LogP contribution in [0.25, 0.3) is 0 Å². The fourth-order valence-corrected chi connectivity index (χ4v) is 11.2. The Labute approximate surface area is 588 Å². The summed E-state index contributed by atoms with van der Waals surface area (Å²) < 4.78 is 61.0. The van der Waals surface area contributed by atoms with Crippen LogP contribution in [0.2, 0.25) is 0 Å². The van der Waals surface area contributed by atoms with Gasteiger partial charge in [0.05, 0.1) is 26.4 Å². The summed E-state index contributed by atoms with van der Waals surface area (Å²) in [6.07, 6.45) is 85.0. The normalized spacial score (nSPS) is 14.8. The van der Waals surface area contributed by atoms with Gasteiger partial charge >= 0.3 is 33.6 Å². The number of carbonyl (C=O) groups is 3. The standard InChI is InChI=1S/C79H134O16P2/c1-4-7-10-13-16-19-22-25-27-29-31-33-35-36-38-40-41-43-45-48-50-53-56-59-62-65-77(82)89-68-74(80)69-91-96(85,86)92-70-75(81)71-93-97(87,88)94-73-76(95-79(84)67-64-61-58-55-52-47-24-21-18-15-12-9-6-3)72-90-78(83)66-63-60-57-54-51-49-46-44-42-39-37-34-32-30-28-26-23-20-17-14-11-8-5-2/h7,10,12,15-17,19-21,24-28,31-34,36,38-39,42,74-76,80-81H,4-6,8-9,11,13-14,18,22-23,29-30,35,37,40-41,43-73H2,1-3H3,(H,85,86)(H,87,88)/b10-7-,15-12-,19-16-,20-17-,24-21-,27-25-,28-26-,33-31-,34-32-,38-36-,42-39-. The van der Waals surface area contributed by atoms with Crippen LogP contribution in [0.4, 0.5) is 0 Å². The summed E-state index contributed by atoms with van der Waals surface area (Å²) in [5.41, 5.74) is 0. The van der Waals surface area contributed by atoms with E-state index in [1.807, 2.05) is 0 Å². The molecule has 97 heavy (non-hydrogen) atoms. The highest BCUT2D eigenvalue weighted by Gasteiger charge is 2.29. The van der Waals surface area contributed by atoms with E-state index < -0.39 is 91.5 Å². The van der Waals surface area contributed by atoms with Gasteiger partial charge in [-0.2, -0.15) is 0 Å². The Morgan fingerprint density at radius 3 is 0.907 bits per heavy atom. The van der Waals surface area contributed by atoms with Gasteiger partial charge in [-0.05, 0) is 135 Å². The zero-order valence-electron chi connectivity index (χ0n) is 60.5. The minimum absolute atomic E-state index is 0.0827. The maximum atomic E-state index is 12.9. The first kappa shape index (κ1) is 92.7. The molecule has 0 aromatic heterocycles. The van der Waals surface area contributed by atoms with Crippen LogP contribution >= 0.6 is 15.6 Å². The van der Waals surface area contributed by atoms with Crippen LogP contribution < -0.4 is 0 Å². The molecule has 0 bridgehead atoms. The summed E-state index contributed by atoms with van der Waals surface area (Å²) in [4.78, 5) is 58.5. The molecule has 0 saturated carbocycles. The predicted octanol–water partition coefficient (Wildman–Crippen LogP) is 21.5. The Morgan fingerprint density at radius 1 is 0.299 bits per heavy atom. The van der Waals surface area contributed by atoms with Gasteiger partial charge in [0.15, 0.2) is 6.10 Å². The lowest BCUT2D eigenvalue weighted by molar-refractivity contribution is -0.161. The maximum Gasteiger partial charge on any atom is 0.472 e. The number of phosphoric ester groups is 2. The molecule has 556 valence electrons. The minimum Gasteiger partial charge on any atom is -0.463 e. The number of hydrogen-bond acceptors (Lipinski definition) is 14. The van der Waals surface area contributed by atoms with Crippen LogP contribution in [0.5, 0.6) is 0 Å². The highest BCUT2D eigenvalue weighted by molar-refractivity contribution is 7.47. The SMILES string of the molecule is CC/C=C\C/C=C\C/C=C\C/C=C\C/C=C\CCCCCCCCCCCC(=O)OCC(O)COP(=O)(O)OCC(O)COP(=O)(O)OCC(COC(=O)CCCCCCCCC/C=C\C/C=C\C/C=C\C/C=C\CCCCC)OC(=O)CCCCCCC/C=C\C/C=C\CCC. The van der Waals surface area contributed by atoms with Crippen molar-refractivity contribution in [1.29, 1.82) is 0 Å². The summed E-state index contributed by atoms with van der Waals surface area (Å²) in [5.74, 6) is -1.61. The second-order valence-electron chi connectivity index (χ2n) is 24.7. The van der Waals surface area contributed by atoms with Crippen molar-refractivity contribution in [2.24, 2.45) is 0 Å². The Hall–Kier alpha value is -4.31. The van der Waals surface area contributed by atoms with Crippen molar-refractivity contribution >= 4 is 33.6 Å². The first-order valence-corrected chi connectivity index (χ1v) is 40.5. The van der Waals surface area contributed by atoms with Crippen molar-refractivity contribution < 1.29 is 75.8 Å². The summed E-state index contributed by atoms with van der Waals surface area (Å²) >= 11 is 0. The number of esters is 3. The zero-order chi connectivity index (χ0) is 70.9. The van der Waals surface area contributed by atoms with Gasteiger partial charge in [0.1, 0.15) is 25.4 Å². The molecule has 4 N–H and O–H groups in total. The van der Waals surface area contributed by atoms with Gasteiger partial charge in [-0.3, -0.25) is 32.5 Å². The molecule has 0 aromatic carbocycles. The summed E-state index contributed by atoms with van der Waals surface area (Å²) in [5, 5.41) is 20.6. The number of phosphoric acid groups is 2. The third-order valence-electron chi connectivity index (χ3n) is 15.3. The van der Waals surface area contributed by atoms with Crippen molar-refractivity contribution in [2.45, 2.75) is 309 Å². The molecule has 0 aliphatic rings. The van der Waals surface area contributed by atoms with Gasteiger partial charge < -0.3 is 34.2 Å². The molecule has 0 heterocycles. The molecular formula is C79H134O16P2. The number of carbonyl (C=O) groups excluding carboxylic acids is 3. The third kappa shape index (κ3) is 72.8. The predicted molar refractivity (Wildman–Crippen MR) is 399 cm³/mol. The van der Waals surface area contributed by atoms with Crippen molar-refractivity contribution in [3.05, 3.63) is 134 Å². The Balaban J connectivity index is 4.59. The lowest BCUT2D eigenvalue weighted by Gasteiger charge is -2.21. The van der Waals surface area contributed by atoms with Crippen LogP contribution in [0.1, 0.15) is 290 Å². The molecule has 0 amide bonds. The molecule has 18 heteroatoms. The lowest BCUT2D eigenvalue weighted by Crippen LogP contribution is -2.30. The smallest absolute Gasteiger partial charge is 0.463 e. The summed E-state index contributed by atoms with van der Waals surface area (Å²) in [6.45, 7) is 2.43. The molecule has 0 fully saturated rings. The van der Waals surface area contributed by atoms with Crippen molar-refractivity contribution in [2.75, 3.05) is 39.6 Å². The molecule has 0 aromatic rings. The van der Waals surface area contributed by atoms with Gasteiger partial charge in [-0.15, -0.1) is 0 Å². The highest BCUT2D eigenvalue weighted by atomic mass is 31.2. The molecule has 0 radical (unpaired) electrons. The van der Waals surface area contributed by atoms with E-state index in [1.165, 1.54) is 51.4 Å². The quantitative estimate of drug-likeness (QED) is 0.0146. The van der Waals surface area contributed by atoms with E-state index in [-0.39, 0.29) is 19.3 Å². The second kappa shape index (κ2) is 71.5. The number of aliphatic hydroxyl groups excluding tert-OH is 2. The number of rotatable bonds is 70. The molecule has 0 spiro atoms. The molecular weight excluding hydrogens is 1270 g/mol. The van der Waals surface area contributed by atoms with E-state index in [0.717, 1.165) is 180 Å². The van der Waals surface area contributed by atoms with Crippen LogP contribution in [-0.2, 0) is 55.8 Å². The fraction of sp³-hybridized carbons (Fsp3) is 0.684. The second-order valence-corrected chi connectivity index (χ2v) is 27.6. The molecule has 16 nitrogen and oxygen atoms in total. The molecule has 5 atom stereocenters. The Morgan fingerprint density at radius 2 is 0.567 bits per heavy atom. The zero-order valence-corrected chi connectivity index (χ0v) is 62.2. The largest absolute Gasteiger partial charge is 0.472 e. The van der Waals surface area contributed by atoms with Gasteiger partial charge in [-0.25, -0.2) is 9.13 Å². The summed E-state index contributed by atoms with van der Waals surface area (Å²) in [6, 6.07) is 0. The van der Waals surface area contributed by atoms with Crippen LogP contribution in [0, 0.1) is 0 Å². The first-order valence-electron chi connectivity index (χ1n) is 37.5. The van der Waals surface area contributed by atoms with Gasteiger partial charge in [0, 0.05) is 19.3 Å².